The van der Waals surface area contributed by atoms with Gasteiger partial charge < -0.3 is 17.2 Å². The minimum absolute atomic E-state index is 0.181. The van der Waals surface area contributed by atoms with Crippen molar-refractivity contribution in [3.63, 3.8) is 0 Å². The lowest BCUT2D eigenvalue weighted by atomic mass is 10.4. The van der Waals surface area contributed by atoms with Crippen LogP contribution >= 0.6 is 0 Å². The van der Waals surface area contributed by atoms with Gasteiger partial charge >= 0.3 is 0 Å². The number of carbonyl (C=O) groups excluding carboxylic acids is 3. The Labute approximate surface area is 74.5 Å². The highest BCUT2D eigenvalue weighted by Crippen LogP contribution is 1.68. The first-order chi connectivity index (χ1) is 5.90. The van der Waals surface area contributed by atoms with Crippen LogP contribution in [-0.4, -0.2) is 17.7 Å². The quantitative estimate of drug-likeness (QED) is 0.425. The zero-order valence-corrected chi connectivity index (χ0v) is 6.82. The van der Waals surface area contributed by atoms with Crippen LogP contribution in [0.4, 0.5) is 0 Å². The van der Waals surface area contributed by atoms with Crippen LogP contribution in [0.15, 0.2) is 0 Å². The highest BCUT2D eigenvalue weighted by molar-refractivity contribution is 5.95. The molecule has 0 spiro atoms. The molecule has 0 aliphatic heterocycles. The van der Waals surface area contributed by atoms with Crippen molar-refractivity contribution in [2.75, 3.05) is 0 Å². The molecule has 0 heterocycles. The van der Waals surface area contributed by atoms with Gasteiger partial charge in [0.05, 0.1) is 6.07 Å². The van der Waals surface area contributed by atoms with Gasteiger partial charge in [-0.05, 0) is 0 Å². The molecule has 6 N–H and O–H groups in total. The molecule has 0 aromatic rings. The summed E-state index contributed by atoms with van der Waals surface area (Å²) in [4.78, 5) is 29.1. The van der Waals surface area contributed by atoms with E-state index in [4.69, 9.17) is 5.26 Å². The molecule has 0 aliphatic rings. The molecule has 0 atom stereocenters. The predicted octanol–water partition coefficient (Wildman–Crippen LogP) is -2.27. The second-order valence-electron chi connectivity index (χ2n) is 1.91. The maximum Gasteiger partial charge on any atom is 0.231 e. The van der Waals surface area contributed by atoms with Crippen molar-refractivity contribution >= 4 is 17.7 Å². The largest absolute Gasteiger partial charge is 0.369 e. The Balaban J connectivity index is 0. The van der Waals surface area contributed by atoms with Crippen molar-refractivity contribution in [2.24, 2.45) is 17.2 Å². The number of hydrogen-bond donors (Lipinski definition) is 3. The van der Waals surface area contributed by atoms with Crippen molar-refractivity contribution < 1.29 is 14.4 Å². The van der Waals surface area contributed by atoms with Gasteiger partial charge in [0.1, 0.15) is 12.8 Å². The van der Waals surface area contributed by atoms with Crippen LogP contribution in [0, 0.1) is 11.3 Å². The molecule has 0 aromatic carbocycles. The van der Waals surface area contributed by atoms with E-state index in [1.807, 2.05) is 0 Å². The van der Waals surface area contributed by atoms with Gasteiger partial charge in [0, 0.05) is 0 Å². The molecule has 7 nitrogen and oxygen atoms in total. The second kappa shape index (κ2) is 8.00. The van der Waals surface area contributed by atoms with Gasteiger partial charge in [-0.15, -0.1) is 0 Å². The molecule has 0 rings (SSSR count). The van der Waals surface area contributed by atoms with E-state index in [2.05, 4.69) is 17.2 Å². The Bertz CT molecular complexity index is 231. The van der Waals surface area contributed by atoms with Crippen molar-refractivity contribution in [1.29, 1.82) is 5.26 Å². The Morgan fingerprint density at radius 3 is 1.38 bits per heavy atom. The van der Waals surface area contributed by atoms with Crippen molar-refractivity contribution in [1.82, 2.24) is 0 Å². The van der Waals surface area contributed by atoms with E-state index in [0.717, 1.165) is 0 Å². The number of primary amides is 3. The lowest BCUT2D eigenvalue weighted by Gasteiger charge is -1.82. The van der Waals surface area contributed by atoms with Gasteiger partial charge in [-0.3, -0.25) is 14.4 Å². The molecule has 0 aromatic heterocycles. The molecule has 0 saturated carbocycles. The Kier molecular flexibility index (Phi) is 8.30. The highest BCUT2D eigenvalue weighted by Gasteiger charge is 1.96. The molecule has 13 heavy (non-hydrogen) atoms. The molecule has 0 radical (unpaired) electrons. The monoisotopic (exact) mass is 186 g/mol. The number of nitriles is 1. The molecule has 0 aliphatic carbocycles. The fourth-order valence-electron chi connectivity index (χ4n) is 0.250. The molecule has 7 heteroatoms. The summed E-state index contributed by atoms with van der Waals surface area (Å²) in [6, 6.07) is 1.59. The number of hydrogen-bond acceptors (Lipinski definition) is 4. The SMILES string of the molecule is N#CCC(N)=O.NC(=O)CC(N)=O. The van der Waals surface area contributed by atoms with Gasteiger partial charge in [-0.25, -0.2) is 0 Å². The Morgan fingerprint density at radius 2 is 1.38 bits per heavy atom. The van der Waals surface area contributed by atoms with E-state index in [1.54, 1.807) is 6.07 Å². The number of rotatable bonds is 3. The van der Waals surface area contributed by atoms with E-state index in [-0.39, 0.29) is 12.8 Å². The molecule has 0 saturated heterocycles. The fourth-order valence-corrected chi connectivity index (χ4v) is 0.250. The van der Waals surface area contributed by atoms with E-state index >= 15 is 0 Å². The number of carbonyl (C=O) groups is 3. The van der Waals surface area contributed by atoms with Crippen LogP contribution in [0.3, 0.4) is 0 Å². The van der Waals surface area contributed by atoms with Crippen LogP contribution in [0.1, 0.15) is 12.8 Å². The third kappa shape index (κ3) is 25.7. The number of nitrogens with two attached hydrogens (primary N) is 3. The third-order valence-electron chi connectivity index (χ3n) is 0.602. The highest BCUT2D eigenvalue weighted by atomic mass is 16.2. The summed E-state index contributed by atoms with van der Waals surface area (Å²) in [6.45, 7) is 0. The molecule has 3 amide bonds. The standard InChI is InChI=1S/C3H6N2O2.C3H4N2O/c4-2(6)1-3(5)7;4-2-1-3(5)6/h1H2,(H2,4,6)(H2,5,7);1H2,(H2,5,6). The summed E-state index contributed by atoms with van der Waals surface area (Å²) < 4.78 is 0. The van der Waals surface area contributed by atoms with E-state index in [1.165, 1.54) is 0 Å². The normalized spacial score (nSPS) is 7.31. The van der Waals surface area contributed by atoms with Crippen molar-refractivity contribution in [3.05, 3.63) is 0 Å². The van der Waals surface area contributed by atoms with Crippen LogP contribution in [0.2, 0.25) is 0 Å². The molecule has 72 valence electrons. The first-order valence-corrected chi connectivity index (χ1v) is 3.12. The number of nitrogens with zero attached hydrogens (tertiary/aromatic N) is 1. The second-order valence-corrected chi connectivity index (χ2v) is 1.91. The molecule has 0 bridgehead atoms. The zero-order chi connectivity index (χ0) is 10.9. The summed E-state index contributed by atoms with van der Waals surface area (Å²) in [6.07, 6.45) is -0.542. The van der Waals surface area contributed by atoms with Crippen LogP contribution in [0.25, 0.3) is 0 Å². The fraction of sp³-hybridized carbons (Fsp3) is 0.333. The molecular formula is C6H10N4O3. The van der Waals surface area contributed by atoms with E-state index in [9.17, 15) is 14.4 Å². The van der Waals surface area contributed by atoms with E-state index < -0.39 is 17.7 Å². The number of amides is 3. The van der Waals surface area contributed by atoms with E-state index in [0.29, 0.717) is 0 Å². The van der Waals surface area contributed by atoms with Gasteiger partial charge in [0.25, 0.3) is 0 Å². The summed E-state index contributed by atoms with van der Waals surface area (Å²) in [5, 5.41) is 7.69. The van der Waals surface area contributed by atoms with Crippen LogP contribution in [-0.2, 0) is 14.4 Å². The van der Waals surface area contributed by atoms with Crippen LogP contribution in [0.5, 0.6) is 0 Å². The lowest BCUT2D eigenvalue weighted by molar-refractivity contribution is -0.125. The van der Waals surface area contributed by atoms with Gasteiger partial charge in [0.15, 0.2) is 0 Å². The zero-order valence-electron chi connectivity index (χ0n) is 6.82. The third-order valence-corrected chi connectivity index (χ3v) is 0.602. The minimum atomic E-state index is -0.687. The first kappa shape index (κ1) is 13.5. The lowest BCUT2D eigenvalue weighted by Crippen LogP contribution is -2.21. The summed E-state index contributed by atoms with van der Waals surface area (Å²) >= 11 is 0. The average molecular weight is 186 g/mol. The molecule has 0 unspecified atom stereocenters. The summed E-state index contributed by atoms with van der Waals surface area (Å²) in [5.74, 6) is -1.95. The predicted molar refractivity (Wildman–Crippen MR) is 42.4 cm³/mol. The Morgan fingerprint density at radius 1 is 1.00 bits per heavy atom. The van der Waals surface area contributed by atoms with Crippen LogP contribution < -0.4 is 17.2 Å². The maximum absolute atomic E-state index is 9.73. The van der Waals surface area contributed by atoms with Gasteiger partial charge in [-0.1, -0.05) is 0 Å². The van der Waals surface area contributed by atoms with Gasteiger partial charge in [0.2, 0.25) is 17.7 Å². The first-order valence-electron chi connectivity index (χ1n) is 3.12. The Hall–Kier alpha value is -2.10. The summed E-state index contributed by atoms with van der Waals surface area (Å²) in [7, 11) is 0. The maximum atomic E-state index is 9.73. The topological polar surface area (TPSA) is 153 Å². The van der Waals surface area contributed by atoms with Gasteiger partial charge in [-0.2, -0.15) is 5.26 Å². The van der Waals surface area contributed by atoms with Crippen molar-refractivity contribution in [3.8, 4) is 6.07 Å². The molecule has 0 fully saturated rings. The smallest absolute Gasteiger partial charge is 0.231 e. The van der Waals surface area contributed by atoms with Crippen molar-refractivity contribution in [2.45, 2.75) is 12.8 Å². The minimum Gasteiger partial charge on any atom is -0.369 e. The average Bonchev–Trinajstić information content (AvgIpc) is 1.83. The summed E-state index contributed by atoms with van der Waals surface area (Å²) in [5.41, 5.74) is 13.6. The molecular weight excluding hydrogens is 176 g/mol.